The zero-order chi connectivity index (χ0) is 15.1. The molecule has 20 heavy (non-hydrogen) atoms. The van der Waals surface area contributed by atoms with Gasteiger partial charge in [0.25, 0.3) is 0 Å². The van der Waals surface area contributed by atoms with Crippen LogP contribution in [0.2, 0.25) is 0 Å². The van der Waals surface area contributed by atoms with Crippen LogP contribution in [0.5, 0.6) is 0 Å². The van der Waals surface area contributed by atoms with Crippen molar-refractivity contribution in [3.63, 3.8) is 0 Å². The topological polar surface area (TPSA) is 44.8 Å². The number of hydrogen-bond donors (Lipinski definition) is 0. The molecule has 1 heterocycles. The minimum atomic E-state index is -0.641. The second-order valence-corrected chi connectivity index (χ2v) is 5.97. The van der Waals surface area contributed by atoms with Crippen LogP contribution in [-0.4, -0.2) is 31.6 Å². The summed E-state index contributed by atoms with van der Waals surface area (Å²) < 4.78 is 16.9. The predicted molar refractivity (Wildman–Crippen MR) is 78.4 cm³/mol. The largest absolute Gasteiger partial charge is 0.466 e. The third-order valence-corrected chi connectivity index (χ3v) is 4.27. The first-order chi connectivity index (χ1) is 9.49. The van der Waals surface area contributed by atoms with Gasteiger partial charge in [-0.05, 0) is 26.7 Å². The van der Waals surface area contributed by atoms with Crippen LogP contribution in [0.15, 0.2) is 0 Å². The Morgan fingerprint density at radius 3 is 2.30 bits per heavy atom. The van der Waals surface area contributed by atoms with E-state index in [-0.39, 0.29) is 11.4 Å². The number of unbranched alkanes of at least 4 members (excludes halogenated alkanes) is 1. The fourth-order valence-corrected chi connectivity index (χ4v) is 2.48. The van der Waals surface area contributed by atoms with Crippen molar-refractivity contribution in [1.82, 2.24) is 0 Å². The van der Waals surface area contributed by atoms with E-state index in [2.05, 4.69) is 13.8 Å². The lowest BCUT2D eigenvalue weighted by Crippen LogP contribution is -2.48. The first-order valence-corrected chi connectivity index (χ1v) is 7.93. The number of esters is 1. The monoisotopic (exact) mass is 286 g/mol. The van der Waals surface area contributed by atoms with E-state index in [1.54, 1.807) is 0 Å². The van der Waals surface area contributed by atoms with Crippen LogP contribution in [0, 0.1) is 5.41 Å². The van der Waals surface area contributed by atoms with Gasteiger partial charge < -0.3 is 14.2 Å². The van der Waals surface area contributed by atoms with Crippen molar-refractivity contribution in [2.75, 3.05) is 19.8 Å². The number of hydrogen-bond acceptors (Lipinski definition) is 4. The smallest absolute Gasteiger partial charge is 0.305 e. The Hall–Kier alpha value is -0.610. The Balaban J connectivity index is 2.44. The maximum absolute atomic E-state index is 11.4. The highest BCUT2D eigenvalue weighted by Crippen LogP contribution is 2.38. The third kappa shape index (κ3) is 5.06. The molecule has 1 fully saturated rings. The molecule has 0 radical (unpaired) electrons. The second-order valence-electron chi connectivity index (χ2n) is 5.97. The summed E-state index contributed by atoms with van der Waals surface area (Å²) >= 11 is 0. The van der Waals surface area contributed by atoms with Crippen molar-refractivity contribution in [2.24, 2.45) is 5.41 Å². The van der Waals surface area contributed by atoms with Crippen LogP contribution in [-0.2, 0) is 19.0 Å². The van der Waals surface area contributed by atoms with E-state index in [1.807, 2.05) is 13.8 Å². The molecule has 0 aromatic rings. The zero-order valence-electron chi connectivity index (χ0n) is 13.5. The van der Waals surface area contributed by atoms with Crippen molar-refractivity contribution < 1.29 is 19.0 Å². The van der Waals surface area contributed by atoms with E-state index in [0.29, 0.717) is 19.4 Å². The van der Waals surface area contributed by atoms with E-state index in [4.69, 9.17) is 14.2 Å². The van der Waals surface area contributed by atoms with Crippen LogP contribution >= 0.6 is 0 Å². The van der Waals surface area contributed by atoms with Crippen molar-refractivity contribution in [3.05, 3.63) is 0 Å². The Bertz CT molecular complexity index is 293. The molecule has 0 aromatic carbocycles. The molecule has 0 N–H and O–H groups in total. The van der Waals surface area contributed by atoms with Gasteiger partial charge in [-0.15, -0.1) is 0 Å². The minimum absolute atomic E-state index is 0.152. The van der Waals surface area contributed by atoms with E-state index >= 15 is 0 Å². The Labute approximate surface area is 123 Å². The van der Waals surface area contributed by atoms with Gasteiger partial charge in [-0.3, -0.25) is 4.79 Å². The summed E-state index contributed by atoms with van der Waals surface area (Å²) in [6, 6.07) is 0. The molecule has 1 rings (SSSR count). The van der Waals surface area contributed by atoms with Gasteiger partial charge >= 0.3 is 5.97 Å². The molecule has 1 aliphatic heterocycles. The summed E-state index contributed by atoms with van der Waals surface area (Å²) in [5, 5.41) is 0. The zero-order valence-corrected chi connectivity index (χ0v) is 13.5. The molecular weight excluding hydrogens is 256 g/mol. The minimum Gasteiger partial charge on any atom is -0.466 e. The quantitative estimate of drug-likeness (QED) is 0.638. The van der Waals surface area contributed by atoms with Crippen LogP contribution in [0.25, 0.3) is 0 Å². The highest BCUT2D eigenvalue weighted by Gasteiger charge is 2.40. The van der Waals surface area contributed by atoms with Crippen LogP contribution in [0.1, 0.15) is 66.2 Å². The van der Waals surface area contributed by atoms with Crippen molar-refractivity contribution in [2.45, 2.75) is 72.0 Å². The molecule has 0 aromatic heterocycles. The molecule has 0 unspecified atom stereocenters. The molecule has 0 atom stereocenters. The normalized spacial score (nSPS) is 30.2. The van der Waals surface area contributed by atoms with Gasteiger partial charge in [-0.25, -0.2) is 0 Å². The Morgan fingerprint density at radius 2 is 1.80 bits per heavy atom. The maximum atomic E-state index is 11.4. The van der Waals surface area contributed by atoms with Crippen LogP contribution in [0.4, 0.5) is 0 Å². The predicted octanol–water partition coefficient (Wildman–Crippen LogP) is 3.68. The number of carbonyl (C=O) groups is 1. The molecule has 0 amide bonds. The van der Waals surface area contributed by atoms with Gasteiger partial charge in [0.15, 0.2) is 5.79 Å². The molecule has 0 spiro atoms. The van der Waals surface area contributed by atoms with Crippen LogP contribution < -0.4 is 0 Å². The molecule has 4 nitrogen and oxygen atoms in total. The first-order valence-electron chi connectivity index (χ1n) is 7.93. The van der Waals surface area contributed by atoms with Crippen molar-refractivity contribution >= 4 is 5.97 Å². The summed E-state index contributed by atoms with van der Waals surface area (Å²) in [5.41, 5.74) is 0.152. The van der Waals surface area contributed by atoms with Crippen molar-refractivity contribution in [3.8, 4) is 0 Å². The molecular formula is C16H30O4. The number of ether oxygens (including phenoxy) is 3. The fourth-order valence-electron chi connectivity index (χ4n) is 2.48. The summed E-state index contributed by atoms with van der Waals surface area (Å²) in [7, 11) is 0. The van der Waals surface area contributed by atoms with Gasteiger partial charge in [-0.2, -0.15) is 0 Å². The van der Waals surface area contributed by atoms with E-state index in [1.165, 1.54) is 12.8 Å². The summed E-state index contributed by atoms with van der Waals surface area (Å²) in [5.74, 6) is -0.822. The summed E-state index contributed by atoms with van der Waals surface area (Å²) in [4.78, 5) is 11.4. The van der Waals surface area contributed by atoms with E-state index in [0.717, 1.165) is 26.1 Å². The van der Waals surface area contributed by atoms with E-state index < -0.39 is 5.79 Å². The Morgan fingerprint density at radius 1 is 1.15 bits per heavy atom. The van der Waals surface area contributed by atoms with Crippen molar-refractivity contribution in [1.29, 1.82) is 0 Å². The average molecular weight is 286 g/mol. The van der Waals surface area contributed by atoms with Gasteiger partial charge in [-0.1, -0.05) is 26.7 Å². The van der Waals surface area contributed by atoms with Gasteiger partial charge in [0.05, 0.1) is 26.2 Å². The van der Waals surface area contributed by atoms with Gasteiger partial charge in [0, 0.05) is 11.8 Å². The van der Waals surface area contributed by atoms with Crippen LogP contribution in [0.3, 0.4) is 0 Å². The molecule has 118 valence electrons. The molecule has 4 heteroatoms. The lowest BCUT2D eigenvalue weighted by Gasteiger charge is -2.44. The van der Waals surface area contributed by atoms with E-state index in [9.17, 15) is 4.79 Å². The first kappa shape index (κ1) is 17.4. The molecule has 0 aliphatic carbocycles. The molecule has 0 saturated carbocycles. The van der Waals surface area contributed by atoms with Gasteiger partial charge in [0.2, 0.25) is 0 Å². The highest BCUT2D eigenvalue weighted by molar-refractivity contribution is 5.69. The number of rotatable bonds is 8. The number of carbonyl (C=O) groups excluding carboxylic acids is 1. The maximum Gasteiger partial charge on any atom is 0.305 e. The second kappa shape index (κ2) is 7.99. The van der Waals surface area contributed by atoms with Gasteiger partial charge in [0.1, 0.15) is 0 Å². The standard InChI is InChI=1S/C16H30O4/c1-5-8-10-16(6-2)12-19-15(4,20-13-16)11-9-14(17)18-7-3/h5-13H2,1-4H3. The third-order valence-electron chi connectivity index (χ3n) is 4.27. The molecule has 0 bridgehead atoms. The highest BCUT2D eigenvalue weighted by atomic mass is 16.7. The summed E-state index contributed by atoms with van der Waals surface area (Å²) in [6.45, 7) is 10.0. The lowest BCUT2D eigenvalue weighted by atomic mass is 9.81. The molecule has 1 saturated heterocycles. The summed E-state index contributed by atoms with van der Waals surface area (Å²) in [6.07, 6.45) is 5.52. The molecule has 1 aliphatic rings. The average Bonchev–Trinajstić information content (AvgIpc) is 2.46. The lowest BCUT2D eigenvalue weighted by molar-refractivity contribution is -0.299. The Kier molecular flexibility index (Phi) is 6.96. The fraction of sp³-hybridized carbons (Fsp3) is 0.938. The SMILES string of the molecule is CCCCC1(CC)COC(C)(CCC(=O)OCC)OC1.